The second-order valence-electron chi connectivity index (χ2n) is 11.1. The number of carbonyl (C=O) groups excluding carboxylic acids is 1. The maximum atomic E-state index is 14.1. The lowest BCUT2D eigenvalue weighted by Crippen LogP contribution is -2.45. The van der Waals surface area contributed by atoms with E-state index in [1.165, 1.54) is 0 Å². The molecule has 0 aromatic heterocycles. The van der Waals surface area contributed by atoms with Crippen molar-refractivity contribution in [1.82, 2.24) is 0 Å². The van der Waals surface area contributed by atoms with Crippen LogP contribution >= 0.6 is 15.9 Å². The molecule has 0 radical (unpaired) electrons. The number of allylic oxidation sites excluding steroid dienone is 2. The van der Waals surface area contributed by atoms with Crippen LogP contribution in [0.25, 0.3) is 5.76 Å². The van der Waals surface area contributed by atoms with Crippen molar-refractivity contribution in [2.24, 2.45) is 5.41 Å². The van der Waals surface area contributed by atoms with Gasteiger partial charge in [0.05, 0.1) is 20.1 Å². The fourth-order valence-corrected chi connectivity index (χ4v) is 6.00. The van der Waals surface area contributed by atoms with E-state index in [0.29, 0.717) is 46.6 Å². The Balaban J connectivity index is 1.89. The summed E-state index contributed by atoms with van der Waals surface area (Å²) < 4.78 is 12.2. The average Bonchev–Trinajstić information content (AvgIpc) is 2.92. The van der Waals surface area contributed by atoms with E-state index in [0.717, 1.165) is 21.4 Å². The first-order chi connectivity index (χ1) is 19.0. The SMILES string of the molecule is COc1ccc(OC)c(C2C3=C(CC(C)(C)CC3=O)N(c3ccc(Br)cc3)C(=N)/C2=C(/O)c2ccc(C)cc2)c1. The minimum atomic E-state index is -0.732. The third kappa shape index (κ3) is 4.94. The summed E-state index contributed by atoms with van der Waals surface area (Å²) in [6.07, 6.45) is 0.947. The molecule has 0 saturated carbocycles. The lowest BCUT2D eigenvalue weighted by Gasteiger charge is -2.45. The third-order valence-corrected chi connectivity index (χ3v) is 8.16. The number of halogens is 1. The average molecular weight is 602 g/mol. The van der Waals surface area contributed by atoms with Gasteiger partial charge in [-0.25, -0.2) is 0 Å². The molecule has 0 amide bonds. The van der Waals surface area contributed by atoms with Gasteiger partial charge >= 0.3 is 0 Å². The summed E-state index contributed by atoms with van der Waals surface area (Å²) >= 11 is 3.51. The highest BCUT2D eigenvalue weighted by Crippen LogP contribution is 2.53. The van der Waals surface area contributed by atoms with Crippen LogP contribution in [-0.4, -0.2) is 30.9 Å². The molecular weight excluding hydrogens is 568 g/mol. The van der Waals surface area contributed by atoms with Crippen LogP contribution in [0.15, 0.2) is 88.0 Å². The van der Waals surface area contributed by atoms with Crippen molar-refractivity contribution in [2.75, 3.05) is 19.1 Å². The van der Waals surface area contributed by atoms with Gasteiger partial charge in [0.2, 0.25) is 0 Å². The zero-order valence-electron chi connectivity index (χ0n) is 23.3. The monoisotopic (exact) mass is 600 g/mol. The first-order valence-corrected chi connectivity index (χ1v) is 14.0. The zero-order valence-corrected chi connectivity index (χ0v) is 24.9. The molecule has 1 atom stereocenters. The highest BCUT2D eigenvalue weighted by Gasteiger charge is 2.47. The van der Waals surface area contributed by atoms with Gasteiger partial charge in [0.25, 0.3) is 0 Å². The number of anilines is 1. The number of nitrogens with one attached hydrogen (secondary N) is 1. The molecule has 0 bridgehead atoms. The van der Waals surface area contributed by atoms with E-state index in [9.17, 15) is 15.3 Å². The number of benzene rings is 3. The van der Waals surface area contributed by atoms with Crippen LogP contribution in [-0.2, 0) is 4.79 Å². The highest BCUT2D eigenvalue weighted by molar-refractivity contribution is 9.10. The third-order valence-electron chi connectivity index (χ3n) is 7.64. The fraction of sp³-hybridized carbons (Fsp3) is 0.273. The summed E-state index contributed by atoms with van der Waals surface area (Å²) in [7, 11) is 3.17. The van der Waals surface area contributed by atoms with Crippen molar-refractivity contribution in [3.8, 4) is 11.5 Å². The number of aliphatic hydroxyl groups excluding tert-OH is 1. The minimum Gasteiger partial charge on any atom is -0.507 e. The maximum absolute atomic E-state index is 14.1. The molecule has 1 heterocycles. The number of hydrogen-bond acceptors (Lipinski definition) is 5. The molecule has 2 aliphatic rings. The van der Waals surface area contributed by atoms with Crippen molar-refractivity contribution in [3.63, 3.8) is 0 Å². The largest absolute Gasteiger partial charge is 0.507 e. The van der Waals surface area contributed by atoms with Crippen molar-refractivity contribution >= 4 is 39.0 Å². The Kier molecular flexibility index (Phi) is 7.36. The van der Waals surface area contributed by atoms with Crippen LogP contribution in [0.1, 0.15) is 49.3 Å². The van der Waals surface area contributed by atoms with Gasteiger partial charge in [-0.2, -0.15) is 0 Å². The number of aliphatic hydroxyl groups is 1. The van der Waals surface area contributed by atoms with Crippen molar-refractivity contribution in [3.05, 3.63) is 105 Å². The number of aryl methyl sites for hydroxylation is 1. The number of Topliss-reactive ketones (excluding diaryl/α,β-unsaturated/α-hetero) is 1. The summed E-state index contributed by atoms with van der Waals surface area (Å²) in [5.74, 6) is 0.465. The second kappa shape index (κ2) is 10.6. The predicted molar refractivity (Wildman–Crippen MR) is 162 cm³/mol. The van der Waals surface area contributed by atoms with Crippen molar-refractivity contribution in [1.29, 1.82) is 5.41 Å². The number of amidine groups is 1. The Labute approximate surface area is 243 Å². The number of ketones is 1. The molecule has 3 aromatic carbocycles. The summed E-state index contributed by atoms with van der Waals surface area (Å²) in [5.41, 5.74) is 4.41. The van der Waals surface area contributed by atoms with Crippen LogP contribution in [0.4, 0.5) is 5.69 Å². The first kappa shape index (κ1) is 27.7. The Morgan fingerprint density at radius 3 is 2.30 bits per heavy atom. The van der Waals surface area contributed by atoms with Crippen molar-refractivity contribution < 1.29 is 19.4 Å². The lowest BCUT2D eigenvalue weighted by atomic mass is 9.67. The Morgan fingerprint density at radius 1 is 1.00 bits per heavy atom. The maximum Gasteiger partial charge on any atom is 0.162 e. The molecule has 5 rings (SSSR count). The van der Waals surface area contributed by atoms with Crippen molar-refractivity contribution in [2.45, 2.75) is 39.5 Å². The quantitative estimate of drug-likeness (QED) is 0.290. The van der Waals surface area contributed by atoms with Gasteiger partial charge in [-0.3, -0.25) is 15.1 Å². The number of carbonyl (C=O) groups is 1. The summed E-state index contributed by atoms with van der Waals surface area (Å²) in [6, 6.07) is 20.6. The van der Waals surface area contributed by atoms with Crippen LogP contribution in [0, 0.1) is 17.7 Å². The van der Waals surface area contributed by atoms with Gasteiger partial charge in [0.1, 0.15) is 23.1 Å². The molecule has 6 nitrogen and oxygen atoms in total. The van der Waals surface area contributed by atoms with Crippen LogP contribution in [0.5, 0.6) is 11.5 Å². The van der Waals surface area contributed by atoms with E-state index in [4.69, 9.17) is 9.47 Å². The number of rotatable bonds is 5. The zero-order chi connectivity index (χ0) is 28.8. The molecule has 1 aliphatic carbocycles. The first-order valence-electron chi connectivity index (χ1n) is 13.2. The van der Waals surface area contributed by atoms with E-state index < -0.39 is 5.92 Å². The minimum absolute atomic E-state index is 0.00931. The number of methoxy groups -OCH3 is 2. The normalized spacial score (nSPS) is 19.9. The Morgan fingerprint density at radius 2 is 1.68 bits per heavy atom. The molecule has 7 heteroatoms. The van der Waals surface area contributed by atoms with E-state index >= 15 is 0 Å². The molecule has 3 aromatic rings. The fourth-order valence-electron chi connectivity index (χ4n) is 5.73. The molecule has 0 fully saturated rings. The highest BCUT2D eigenvalue weighted by atomic mass is 79.9. The van der Waals surface area contributed by atoms with Crippen LogP contribution < -0.4 is 14.4 Å². The van der Waals surface area contributed by atoms with E-state index in [-0.39, 0.29) is 22.8 Å². The van der Waals surface area contributed by atoms with Gasteiger partial charge < -0.3 is 14.6 Å². The molecule has 1 unspecified atom stereocenters. The van der Waals surface area contributed by atoms with Gasteiger partial charge in [0.15, 0.2) is 5.78 Å². The topological polar surface area (TPSA) is 82.9 Å². The number of ether oxygens (including phenoxy) is 2. The summed E-state index contributed by atoms with van der Waals surface area (Å²) in [4.78, 5) is 16.0. The molecule has 0 spiro atoms. The van der Waals surface area contributed by atoms with Gasteiger partial charge in [-0.05, 0) is 61.2 Å². The van der Waals surface area contributed by atoms with E-state index in [2.05, 4.69) is 29.8 Å². The van der Waals surface area contributed by atoms with E-state index in [1.807, 2.05) is 66.4 Å². The molecular formula is C33H33BrN2O4. The van der Waals surface area contributed by atoms with Gasteiger partial charge in [-0.1, -0.05) is 59.6 Å². The Hall–Kier alpha value is -3.84. The van der Waals surface area contributed by atoms with Crippen LogP contribution in [0.2, 0.25) is 0 Å². The predicted octanol–water partition coefficient (Wildman–Crippen LogP) is 7.97. The standard InChI is InChI=1S/C33H33BrN2O4/c1-19-6-8-20(9-7-19)31(38)30-28(24-16-23(39-4)14-15-27(24)40-5)29-25(17-33(2,3)18-26(29)37)36(32(30)35)22-12-10-21(34)11-13-22/h6-16,28,35,38H,17-18H2,1-5H3/b31-30+,35-32?. The number of hydrogen-bond donors (Lipinski definition) is 2. The molecule has 1 aliphatic heterocycles. The number of nitrogens with zero attached hydrogens (tertiary/aromatic N) is 1. The van der Waals surface area contributed by atoms with Crippen LogP contribution in [0.3, 0.4) is 0 Å². The lowest BCUT2D eigenvalue weighted by molar-refractivity contribution is -0.118. The van der Waals surface area contributed by atoms with Gasteiger partial charge in [0, 0.05) is 44.6 Å². The molecule has 2 N–H and O–H groups in total. The molecule has 0 saturated heterocycles. The van der Waals surface area contributed by atoms with E-state index in [1.54, 1.807) is 26.4 Å². The smallest absolute Gasteiger partial charge is 0.162 e. The molecule has 206 valence electrons. The summed E-state index contributed by atoms with van der Waals surface area (Å²) in [6.45, 7) is 6.14. The summed E-state index contributed by atoms with van der Waals surface area (Å²) in [5, 5.41) is 21.5. The Bertz CT molecular complexity index is 1550. The second-order valence-corrected chi connectivity index (χ2v) is 12.0. The molecule has 40 heavy (non-hydrogen) atoms. The van der Waals surface area contributed by atoms with Gasteiger partial charge in [-0.15, -0.1) is 0 Å².